The largest absolute Gasteiger partial charge is 0.310 e. The molecule has 0 saturated heterocycles. The standard InChI is InChI=1S/C20H19N5OS2/c1-12-9-17(25(3)24-12)23-18(26)11-27-19-15-10-16(14-7-5-4-6-8-14)28-20(15)22-13(2)21-19/h4-10H,11H2,1-3H3,(H,23,26). The summed E-state index contributed by atoms with van der Waals surface area (Å²) < 4.78 is 1.66. The molecule has 3 heterocycles. The molecule has 0 aliphatic heterocycles. The summed E-state index contributed by atoms with van der Waals surface area (Å²) in [6.07, 6.45) is 0. The van der Waals surface area contributed by atoms with E-state index in [-0.39, 0.29) is 11.7 Å². The molecule has 28 heavy (non-hydrogen) atoms. The highest BCUT2D eigenvalue weighted by atomic mass is 32.2. The normalized spacial score (nSPS) is 11.1. The monoisotopic (exact) mass is 409 g/mol. The lowest BCUT2D eigenvalue weighted by molar-refractivity contribution is -0.113. The molecule has 0 radical (unpaired) electrons. The number of aryl methyl sites for hydroxylation is 3. The predicted molar refractivity (Wildman–Crippen MR) is 115 cm³/mol. The van der Waals surface area contributed by atoms with Gasteiger partial charge in [-0.2, -0.15) is 5.10 Å². The van der Waals surface area contributed by atoms with Crippen LogP contribution in [0.15, 0.2) is 47.5 Å². The van der Waals surface area contributed by atoms with Crippen molar-refractivity contribution in [2.24, 2.45) is 7.05 Å². The van der Waals surface area contributed by atoms with Crippen molar-refractivity contribution in [2.75, 3.05) is 11.1 Å². The van der Waals surface area contributed by atoms with Crippen molar-refractivity contribution < 1.29 is 4.79 Å². The van der Waals surface area contributed by atoms with Crippen molar-refractivity contribution in [3.63, 3.8) is 0 Å². The molecule has 1 N–H and O–H groups in total. The Morgan fingerprint density at radius 3 is 2.68 bits per heavy atom. The molecule has 4 rings (SSSR count). The van der Waals surface area contributed by atoms with E-state index in [2.05, 4.69) is 38.6 Å². The van der Waals surface area contributed by atoms with E-state index in [4.69, 9.17) is 0 Å². The Hall–Kier alpha value is -2.71. The van der Waals surface area contributed by atoms with Gasteiger partial charge in [0.15, 0.2) is 0 Å². The van der Waals surface area contributed by atoms with Gasteiger partial charge in [-0.3, -0.25) is 9.48 Å². The zero-order chi connectivity index (χ0) is 19.7. The van der Waals surface area contributed by atoms with Gasteiger partial charge in [-0.1, -0.05) is 42.1 Å². The summed E-state index contributed by atoms with van der Waals surface area (Å²) in [4.78, 5) is 23.6. The van der Waals surface area contributed by atoms with Gasteiger partial charge in [0.05, 0.1) is 11.4 Å². The molecule has 1 amide bonds. The Morgan fingerprint density at radius 2 is 1.96 bits per heavy atom. The fourth-order valence-electron chi connectivity index (χ4n) is 2.89. The van der Waals surface area contributed by atoms with Gasteiger partial charge in [0.2, 0.25) is 5.91 Å². The average Bonchev–Trinajstić information content (AvgIpc) is 3.23. The number of fused-ring (bicyclic) bond motifs is 1. The van der Waals surface area contributed by atoms with Crippen molar-refractivity contribution in [2.45, 2.75) is 18.9 Å². The third-order valence-corrected chi connectivity index (χ3v) is 6.21. The molecule has 3 aromatic heterocycles. The highest BCUT2D eigenvalue weighted by molar-refractivity contribution is 8.00. The van der Waals surface area contributed by atoms with Crippen molar-refractivity contribution in [3.8, 4) is 10.4 Å². The van der Waals surface area contributed by atoms with E-state index in [0.29, 0.717) is 11.6 Å². The molecule has 0 unspecified atom stereocenters. The highest BCUT2D eigenvalue weighted by Crippen LogP contribution is 2.36. The molecule has 0 spiro atoms. The van der Waals surface area contributed by atoms with Gasteiger partial charge in [-0.15, -0.1) is 11.3 Å². The molecular formula is C20H19N5OS2. The lowest BCUT2D eigenvalue weighted by Gasteiger charge is -2.06. The van der Waals surface area contributed by atoms with Crippen molar-refractivity contribution in [1.82, 2.24) is 19.7 Å². The molecule has 1 aromatic carbocycles. The second kappa shape index (κ2) is 7.73. The second-order valence-corrected chi connectivity index (χ2v) is 8.40. The van der Waals surface area contributed by atoms with E-state index in [1.807, 2.05) is 45.2 Å². The minimum atomic E-state index is -0.0871. The number of aromatic nitrogens is 4. The molecule has 4 aromatic rings. The second-order valence-electron chi connectivity index (χ2n) is 6.40. The van der Waals surface area contributed by atoms with E-state index in [1.54, 1.807) is 16.0 Å². The van der Waals surface area contributed by atoms with E-state index >= 15 is 0 Å². The number of thiophene rings is 1. The van der Waals surface area contributed by atoms with Gasteiger partial charge in [-0.05, 0) is 25.5 Å². The zero-order valence-corrected chi connectivity index (χ0v) is 17.4. The van der Waals surface area contributed by atoms with Crippen LogP contribution in [0, 0.1) is 13.8 Å². The van der Waals surface area contributed by atoms with Crippen LogP contribution in [0.1, 0.15) is 11.5 Å². The third kappa shape index (κ3) is 3.93. The summed E-state index contributed by atoms with van der Waals surface area (Å²) in [5, 5.41) is 8.96. The molecule has 142 valence electrons. The third-order valence-electron chi connectivity index (χ3n) is 4.14. The van der Waals surface area contributed by atoms with Gasteiger partial charge in [0.1, 0.15) is 21.5 Å². The van der Waals surface area contributed by atoms with Gasteiger partial charge in [0.25, 0.3) is 0 Å². The lowest BCUT2D eigenvalue weighted by Crippen LogP contribution is -2.16. The number of benzene rings is 1. The molecular weight excluding hydrogens is 390 g/mol. The molecule has 0 saturated carbocycles. The first-order chi connectivity index (χ1) is 13.5. The first kappa shape index (κ1) is 18.6. The smallest absolute Gasteiger partial charge is 0.235 e. The van der Waals surface area contributed by atoms with Crippen LogP contribution in [0.3, 0.4) is 0 Å². The van der Waals surface area contributed by atoms with Crippen molar-refractivity contribution in [3.05, 3.63) is 54.0 Å². The number of nitrogens with zero attached hydrogens (tertiary/aromatic N) is 4. The molecule has 6 nitrogen and oxygen atoms in total. The van der Waals surface area contributed by atoms with Crippen molar-refractivity contribution in [1.29, 1.82) is 0 Å². The van der Waals surface area contributed by atoms with Crippen molar-refractivity contribution >= 4 is 45.0 Å². The number of carbonyl (C=O) groups is 1. The fraction of sp³-hybridized carbons (Fsp3) is 0.200. The Kier molecular flexibility index (Phi) is 5.15. The quantitative estimate of drug-likeness (QED) is 0.390. The van der Waals surface area contributed by atoms with Crippen LogP contribution in [-0.2, 0) is 11.8 Å². The number of amides is 1. The maximum absolute atomic E-state index is 12.4. The molecule has 0 fully saturated rings. The number of carbonyl (C=O) groups excluding carboxylic acids is 1. The summed E-state index contributed by atoms with van der Waals surface area (Å²) in [6.45, 7) is 3.77. The van der Waals surface area contributed by atoms with E-state index in [9.17, 15) is 4.79 Å². The Balaban J connectivity index is 1.55. The molecule has 0 atom stereocenters. The minimum Gasteiger partial charge on any atom is -0.310 e. The van der Waals surface area contributed by atoms with Crippen LogP contribution in [0.2, 0.25) is 0 Å². The number of nitrogens with one attached hydrogen (secondary N) is 1. The number of hydrogen-bond acceptors (Lipinski definition) is 6. The van der Waals surface area contributed by atoms with E-state index < -0.39 is 0 Å². The topological polar surface area (TPSA) is 72.7 Å². The van der Waals surface area contributed by atoms with E-state index in [1.165, 1.54) is 11.8 Å². The fourth-order valence-corrected chi connectivity index (χ4v) is 4.89. The SMILES string of the molecule is Cc1cc(NC(=O)CSc2nc(C)nc3sc(-c4ccccc4)cc23)n(C)n1. The van der Waals surface area contributed by atoms with Crippen LogP contribution in [-0.4, -0.2) is 31.4 Å². The Labute approximate surface area is 171 Å². The Morgan fingerprint density at radius 1 is 1.18 bits per heavy atom. The summed E-state index contributed by atoms with van der Waals surface area (Å²) in [5.74, 6) is 1.58. The average molecular weight is 410 g/mol. The first-order valence-corrected chi connectivity index (χ1v) is 10.6. The zero-order valence-electron chi connectivity index (χ0n) is 15.8. The van der Waals surface area contributed by atoms with Crippen LogP contribution in [0.4, 0.5) is 5.82 Å². The molecule has 0 aliphatic rings. The number of rotatable bonds is 5. The molecule has 0 bridgehead atoms. The lowest BCUT2D eigenvalue weighted by atomic mass is 10.2. The Bertz CT molecular complexity index is 1150. The predicted octanol–water partition coefficient (Wildman–Crippen LogP) is 4.44. The molecule has 0 aliphatic carbocycles. The van der Waals surface area contributed by atoms with Gasteiger partial charge < -0.3 is 5.32 Å². The number of hydrogen-bond donors (Lipinski definition) is 1. The van der Waals surface area contributed by atoms with Gasteiger partial charge in [-0.25, -0.2) is 9.97 Å². The van der Waals surface area contributed by atoms with Gasteiger partial charge in [0, 0.05) is 23.4 Å². The summed E-state index contributed by atoms with van der Waals surface area (Å²) in [7, 11) is 1.81. The van der Waals surface area contributed by atoms with E-state index in [0.717, 1.165) is 31.4 Å². The maximum atomic E-state index is 12.4. The minimum absolute atomic E-state index is 0.0871. The molecule has 8 heteroatoms. The first-order valence-electron chi connectivity index (χ1n) is 8.76. The highest BCUT2D eigenvalue weighted by Gasteiger charge is 2.14. The number of anilines is 1. The summed E-state index contributed by atoms with van der Waals surface area (Å²) in [5.41, 5.74) is 2.02. The van der Waals surface area contributed by atoms with Gasteiger partial charge >= 0.3 is 0 Å². The van der Waals surface area contributed by atoms with Crippen LogP contribution >= 0.6 is 23.1 Å². The summed E-state index contributed by atoms with van der Waals surface area (Å²) >= 11 is 3.07. The van der Waals surface area contributed by atoms with Crippen LogP contribution in [0.25, 0.3) is 20.7 Å². The number of thioether (sulfide) groups is 1. The summed E-state index contributed by atoms with van der Waals surface area (Å²) in [6, 6.07) is 14.2. The van der Waals surface area contributed by atoms with Crippen LogP contribution < -0.4 is 5.32 Å². The van der Waals surface area contributed by atoms with Crippen LogP contribution in [0.5, 0.6) is 0 Å². The maximum Gasteiger partial charge on any atom is 0.235 e.